The van der Waals surface area contributed by atoms with Crippen molar-refractivity contribution < 1.29 is 48.5 Å². The van der Waals surface area contributed by atoms with Gasteiger partial charge in [-0.05, 0) is 30.2 Å². The van der Waals surface area contributed by atoms with Crippen LogP contribution >= 0.6 is 0 Å². The lowest BCUT2D eigenvalue weighted by molar-refractivity contribution is -0.677. The zero-order chi connectivity index (χ0) is 32.2. The molecule has 1 fully saturated rings. The summed E-state index contributed by atoms with van der Waals surface area (Å²) in [5.41, 5.74) is 5.78. The summed E-state index contributed by atoms with van der Waals surface area (Å²) in [5.74, 6) is -0.295. The number of piperidine rings is 1. The topological polar surface area (TPSA) is 174 Å². The van der Waals surface area contributed by atoms with Crippen LogP contribution < -0.4 is 29.8 Å². The number of benzene rings is 2. The van der Waals surface area contributed by atoms with E-state index in [9.17, 15) is 14.4 Å². The van der Waals surface area contributed by atoms with Gasteiger partial charge in [-0.1, -0.05) is 30.3 Å². The Kier molecular flexibility index (Phi) is 11.0. The molecule has 2 aromatic carbocycles. The van der Waals surface area contributed by atoms with Gasteiger partial charge in [0.25, 0.3) is 5.91 Å². The number of pyridine rings is 2. The number of aromatic amines is 1. The Hall–Kier alpha value is -5.91. The molecule has 12 heteroatoms. The Morgan fingerprint density at radius 1 is 0.911 bits per heavy atom. The minimum atomic E-state index is -0.647. The van der Waals surface area contributed by atoms with Crippen LogP contribution in [-0.4, -0.2) is 41.6 Å². The Morgan fingerprint density at radius 3 is 2.29 bits per heavy atom. The molecule has 1 atom stereocenters. The molecule has 45 heavy (non-hydrogen) atoms. The van der Waals surface area contributed by atoms with E-state index in [2.05, 4.69) is 63.5 Å². The number of amides is 3. The first-order chi connectivity index (χ1) is 21.9. The van der Waals surface area contributed by atoms with Gasteiger partial charge in [-0.2, -0.15) is 4.57 Å². The van der Waals surface area contributed by atoms with Crippen LogP contribution in [-0.2, 0) is 38.9 Å². The van der Waals surface area contributed by atoms with Gasteiger partial charge < -0.3 is 29.4 Å². The Bertz CT molecular complexity index is 1660. The van der Waals surface area contributed by atoms with Crippen molar-refractivity contribution in [1.82, 2.24) is 10.2 Å². The van der Waals surface area contributed by atoms with Crippen molar-refractivity contribution in [1.29, 1.82) is 0 Å². The van der Waals surface area contributed by atoms with Crippen molar-refractivity contribution in [3.05, 3.63) is 114 Å². The molecule has 230 valence electrons. The van der Waals surface area contributed by atoms with Crippen LogP contribution in [0.5, 0.6) is 5.75 Å². The quantitative estimate of drug-likeness (QED) is 0.167. The van der Waals surface area contributed by atoms with E-state index in [1.165, 1.54) is 10.5 Å². The number of imide groups is 1. The summed E-state index contributed by atoms with van der Waals surface area (Å²) in [6, 6.07) is 23.4. The third kappa shape index (κ3) is 7.93. The first-order valence-corrected chi connectivity index (χ1v) is 13.9. The molecule has 2 aromatic heterocycles. The molecule has 0 saturated carbocycles. The predicted molar refractivity (Wildman–Crippen MR) is 153 cm³/mol. The maximum absolute atomic E-state index is 13.1. The van der Waals surface area contributed by atoms with Gasteiger partial charge in [-0.15, -0.1) is 0 Å². The summed E-state index contributed by atoms with van der Waals surface area (Å²) in [4.78, 5) is 58.1. The SMILES string of the molecule is O=C1CC[C@@H](N2Cc3c(OCc4ccc(C[n+]5ccccc5-c5cc[nH+]cc5)cc4)cccc3C2=O)C(=O)N1.O=C[O-].O=C[O-]. The number of nitrogens with one attached hydrogen (secondary N) is 2. The maximum atomic E-state index is 13.1. The number of aromatic nitrogens is 2. The highest BCUT2D eigenvalue weighted by Gasteiger charge is 2.40. The minimum absolute atomic E-state index is 0.208. The summed E-state index contributed by atoms with van der Waals surface area (Å²) >= 11 is 0. The zero-order valence-electron chi connectivity index (χ0n) is 24.1. The number of hydrogen-bond donors (Lipinski definition) is 1. The van der Waals surface area contributed by atoms with Gasteiger partial charge >= 0.3 is 0 Å². The number of carbonyl (C=O) groups is 5. The lowest BCUT2D eigenvalue weighted by Crippen LogP contribution is -2.52. The molecule has 3 amide bonds. The molecular formula is C33H30N4O8. The molecule has 4 heterocycles. The van der Waals surface area contributed by atoms with Gasteiger partial charge in [0.1, 0.15) is 18.4 Å². The maximum Gasteiger partial charge on any atom is 0.255 e. The van der Waals surface area contributed by atoms with E-state index < -0.39 is 24.9 Å². The second kappa shape index (κ2) is 15.5. The highest BCUT2D eigenvalue weighted by molar-refractivity contribution is 6.05. The molecular weight excluding hydrogens is 580 g/mol. The average Bonchev–Trinajstić information content (AvgIpc) is 3.38. The number of rotatable bonds is 7. The van der Waals surface area contributed by atoms with E-state index >= 15 is 0 Å². The van der Waals surface area contributed by atoms with E-state index in [4.69, 9.17) is 24.5 Å². The third-order valence-corrected chi connectivity index (χ3v) is 7.26. The second-order valence-corrected chi connectivity index (χ2v) is 9.98. The molecule has 2 aliphatic rings. The number of ether oxygens (including phenoxy) is 1. The Balaban J connectivity index is 0.000000713. The van der Waals surface area contributed by atoms with E-state index in [1.807, 2.05) is 30.6 Å². The van der Waals surface area contributed by atoms with Crippen LogP contribution in [0.25, 0.3) is 11.3 Å². The summed E-state index contributed by atoms with van der Waals surface area (Å²) < 4.78 is 8.38. The zero-order valence-corrected chi connectivity index (χ0v) is 24.1. The molecule has 6 rings (SSSR count). The fourth-order valence-electron chi connectivity index (χ4n) is 5.23. The molecule has 0 bridgehead atoms. The summed E-state index contributed by atoms with van der Waals surface area (Å²) in [6.45, 7) is 0.375. The van der Waals surface area contributed by atoms with Crippen molar-refractivity contribution >= 4 is 30.7 Å². The van der Waals surface area contributed by atoms with Gasteiger partial charge in [-0.25, -0.2) is 4.98 Å². The van der Waals surface area contributed by atoms with Crippen LogP contribution in [0.15, 0.2) is 91.4 Å². The normalized spacial score (nSPS) is 15.0. The van der Waals surface area contributed by atoms with E-state index in [0.717, 1.165) is 28.9 Å². The van der Waals surface area contributed by atoms with E-state index in [1.54, 1.807) is 12.1 Å². The molecule has 2 N–H and O–H groups in total. The summed E-state index contributed by atoms with van der Waals surface area (Å²) in [5, 5.41) is 18.8. The first kappa shape index (κ1) is 32.0. The monoisotopic (exact) mass is 610 g/mol. The number of carboxylic acid groups (broad SMARTS) is 2. The van der Waals surface area contributed by atoms with Crippen LogP contribution in [0.4, 0.5) is 0 Å². The number of fused-ring (bicyclic) bond motifs is 1. The van der Waals surface area contributed by atoms with Crippen molar-refractivity contribution in [3.63, 3.8) is 0 Å². The molecule has 12 nitrogen and oxygen atoms in total. The lowest BCUT2D eigenvalue weighted by Gasteiger charge is -2.29. The number of hydrogen-bond acceptors (Lipinski definition) is 8. The van der Waals surface area contributed by atoms with Gasteiger partial charge in [0, 0.05) is 60.3 Å². The standard InChI is InChI=1S/C31H26N4O4.2CH2O2/c36-29-12-11-27(30(37)33-29)35-19-25-24(31(35)38)4-3-6-28(25)39-20-22-9-7-21(8-10-22)18-34-17-2-1-5-26(34)23-13-15-32-16-14-23;2*2-1-3/h1-10,13-17,27H,11-12,18-20H2;2*1H,(H,2,3)/t27-;;/m1../s1. The first-order valence-electron chi connectivity index (χ1n) is 13.9. The third-order valence-electron chi connectivity index (χ3n) is 7.26. The minimum Gasteiger partial charge on any atom is -0.554 e. The van der Waals surface area contributed by atoms with E-state index in [-0.39, 0.29) is 24.8 Å². The van der Waals surface area contributed by atoms with Gasteiger partial charge in [0.05, 0.1) is 12.1 Å². The van der Waals surface area contributed by atoms with Crippen LogP contribution in [0.3, 0.4) is 0 Å². The van der Waals surface area contributed by atoms with Gasteiger partial charge in [0.2, 0.25) is 17.5 Å². The fourth-order valence-corrected chi connectivity index (χ4v) is 5.23. The predicted octanol–water partition coefficient (Wildman–Crippen LogP) is -0.424. The number of nitrogens with zero attached hydrogens (tertiary/aromatic N) is 2. The molecule has 1 saturated heterocycles. The fraction of sp³-hybridized carbons (Fsp3) is 0.182. The van der Waals surface area contributed by atoms with Crippen LogP contribution in [0.2, 0.25) is 0 Å². The largest absolute Gasteiger partial charge is 0.554 e. The summed E-state index contributed by atoms with van der Waals surface area (Å²) in [7, 11) is 0. The van der Waals surface area contributed by atoms with E-state index in [0.29, 0.717) is 24.3 Å². The number of carbonyl (C=O) groups excluding carboxylic acids is 5. The van der Waals surface area contributed by atoms with Crippen molar-refractivity contribution in [3.8, 4) is 17.0 Å². The molecule has 0 unspecified atom stereocenters. The smallest absolute Gasteiger partial charge is 0.255 e. The highest BCUT2D eigenvalue weighted by atomic mass is 16.5. The lowest BCUT2D eigenvalue weighted by atomic mass is 10.0. The van der Waals surface area contributed by atoms with Crippen molar-refractivity contribution in [2.75, 3.05) is 0 Å². The van der Waals surface area contributed by atoms with Crippen molar-refractivity contribution in [2.24, 2.45) is 0 Å². The Morgan fingerprint density at radius 2 is 1.60 bits per heavy atom. The molecule has 2 aliphatic heterocycles. The molecule has 0 aliphatic carbocycles. The van der Waals surface area contributed by atoms with Gasteiger partial charge in [0.15, 0.2) is 25.1 Å². The van der Waals surface area contributed by atoms with Crippen LogP contribution in [0.1, 0.15) is 39.9 Å². The molecule has 0 radical (unpaired) electrons. The summed E-state index contributed by atoms with van der Waals surface area (Å²) in [6.07, 6.45) is 6.49. The van der Waals surface area contributed by atoms with Crippen molar-refractivity contribution in [2.45, 2.75) is 38.6 Å². The second-order valence-electron chi connectivity index (χ2n) is 9.98. The van der Waals surface area contributed by atoms with Crippen LogP contribution in [0, 0.1) is 0 Å². The molecule has 4 aromatic rings. The Labute approximate surface area is 258 Å². The number of H-pyrrole nitrogens is 1. The highest BCUT2D eigenvalue weighted by Crippen LogP contribution is 2.34. The van der Waals surface area contributed by atoms with Gasteiger partial charge in [-0.3, -0.25) is 19.7 Å². The average molecular weight is 611 g/mol. The molecule has 0 spiro atoms.